The Morgan fingerprint density at radius 1 is 1.10 bits per heavy atom. The molecule has 4 heterocycles. The molecule has 8 nitrogen and oxygen atoms in total. The number of furan rings is 1. The molecule has 0 spiro atoms. The first kappa shape index (κ1) is 20.6. The first-order valence-electron chi connectivity index (χ1n) is 9.42. The molecule has 0 saturated carbocycles. The van der Waals surface area contributed by atoms with Crippen LogP contribution in [-0.4, -0.2) is 30.3 Å². The highest BCUT2D eigenvalue weighted by atomic mass is 19.4. The number of fused-ring (bicyclic) bond motifs is 1. The van der Waals surface area contributed by atoms with Crippen LogP contribution in [0.15, 0.2) is 33.5 Å². The molecule has 0 aliphatic carbocycles. The number of pyridine rings is 1. The molecular formula is C20H19F3N6O2. The number of rotatable bonds is 4. The number of hydrogen-bond donors (Lipinski definition) is 1. The van der Waals surface area contributed by atoms with Gasteiger partial charge in [-0.25, -0.2) is 18.9 Å². The van der Waals surface area contributed by atoms with Crippen LogP contribution in [0, 0.1) is 20.8 Å². The highest BCUT2D eigenvalue weighted by Gasteiger charge is 2.29. The molecule has 0 radical (unpaired) electrons. The van der Waals surface area contributed by atoms with Crippen molar-refractivity contribution >= 4 is 11.6 Å². The van der Waals surface area contributed by atoms with E-state index in [2.05, 4.69) is 15.1 Å². The summed E-state index contributed by atoms with van der Waals surface area (Å²) in [5.74, 6) is 0.830. The summed E-state index contributed by atoms with van der Waals surface area (Å²) >= 11 is 0. The Morgan fingerprint density at radius 2 is 1.77 bits per heavy atom. The first-order chi connectivity index (χ1) is 14.5. The maximum Gasteiger partial charge on any atom is 0.390 e. The monoisotopic (exact) mass is 432 g/mol. The fourth-order valence-corrected chi connectivity index (χ4v) is 3.47. The lowest BCUT2D eigenvalue weighted by molar-refractivity contribution is -0.137. The Balaban J connectivity index is 2.05. The van der Waals surface area contributed by atoms with Gasteiger partial charge in [0.25, 0.3) is 0 Å². The Bertz CT molecular complexity index is 1330. The normalized spacial score (nSPS) is 12.1. The van der Waals surface area contributed by atoms with E-state index in [1.165, 1.54) is 0 Å². The molecule has 31 heavy (non-hydrogen) atoms. The van der Waals surface area contributed by atoms with Crippen LogP contribution >= 0.6 is 0 Å². The van der Waals surface area contributed by atoms with E-state index in [9.17, 15) is 18.0 Å². The van der Waals surface area contributed by atoms with E-state index in [0.29, 0.717) is 39.7 Å². The van der Waals surface area contributed by atoms with Crippen molar-refractivity contribution in [3.05, 3.63) is 51.9 Å². The van der Waals surface area contributed by atoms with Gasteiger partial charge in [-0.05, 0) is 50.6 Å². The number of nitrogens with zero attached hydrogens (tertiary/aromatic N) is 5. The molecule has 0 unspecified atom stereocenters. The number of anilines is 1. The van der Waals surface area contributed by atoms with Crippen molar-refractivity contribution in [1.29, 1.82) is 0 Å². The van der Waals surface area contributed by atoms with Crippen molar-refractivity contribution in [1.82, 2.24) is 24.1 Å². The molecule has 0 bridgehead atoms. The molecule has 11 heteroatoms. The minimum Gasteiger partial charge on any atom is -0.460 e. The molecule has 162 valence electrons. The van der Waals surface area contributed by atoms with E-state index >= 15 is 0 Å². The summed E-state index contributed by atoms with van der Waals surface area (Å²) in [6.45, 7) is 4.75. The maximum atomic E-state index is 12.8. The van der Waals surface area contributed by atoms with Crippen molar-refractivity contribution in [3.63, 3.8) is 0 Å². The van der Waals surface area contributed by atoms with Gasteiger partial charge in [0.1, 0.15) is 11.5 Å². The Morgan fingerprint density at radius 3 is 2.35 bits per heavy atom. The van der Waals surface area contributed by atoms with Gasteiger partial charge in [-0.15, -0.1) is 5.10 Å². The second-order valence-electron chi connectivity index (χ2n) is 7.27. The molecule has 0 fully saturated rings. The second-order valence-corrected chi connectivity index (χ2v) is 7.27. The van der Waals surface area contributed by atoms with Crippen LogP contribution in [0.4, 0.5) is 19.1 Å². The summed E-state index contributed by atoms with van der Waals surface area (Å²) in [7, 11) is 0. The summed E-state index contributed by atoms with van der Waals surface area (Å²) < 4.78 is 45.7. The Labute approximate surface area is 174 Å². The zero-order chi connectivity index (χ0) is 22.5. The lowest BCUT2D eigenvalue weighted by atomic mass is 10.0. The SMILES string of the molecule is Cc1cc(-c2c(-c3ccc(C)o3)nc(N)n3c(=O)n(CCC(F)(F)F)nc23)cc(C)n1. The summed E-state index contributed by atoms with van der Waals surface area (Å²) in [5.41, 5.74) is 8.13. The van der Waals surface area contributed by atoms with E-state index in [1.807, 2.05) is 13.8 Å². The standard InChI is InChI=1S/C20H19F3N6O2/c1-10-8-13(9-11(2)25-10)15-16(14-5-4-12(3)31-14)26-18(24)29-17(15)27-28(19(29)30)7-6-20(21,22)23/h4-5,8-9H,6-7H2,1-3H3,(H2,24,26). The van der Waals surface area contributed by atoms with Gasteiger partial charge in [-0.2, -0.15) is 13.2 Å². The lowest BCUT2D eigenvalue weighted by Crippen LogP contribution is -2.25. The third kappa shape index (κ3) is 3.90. The van der Waals surface area contributed by atoms with Crippen molar-refractivity contribution in [3.8, 4) is 22.6 Å². The zero-order valence-corrected chi connectivity index (χ0v) is 17.0. The molecule has 4 aromatic rings. The number of halogens is 3. The third-order valence-electron chi connectivity index (χ3n) is 4.71. The second kappa shape index (κ2) is 7.25. The van der Waals surface area contributed by atoms with Crippen molar-refractivity contribution in [2.45, 2.75) is 39.9 Å². The lowest BCUT2D eigenvalue weighted by Gasteiger charge is -2.11. The predicted molar refractivity (Wildman–Crippen MR) is 107 cm³/mol. The van der Waals surface area contributed by atoms with Crippen LogP contribution < -0.4 is 11.4 Å². The molecule has 0 aliphatic heterocycles. The highest BCUT2D eigenvalue weighted by molar-refractivity contribution is 5.89. The van der Waals surface area contributed by atoms with E-state index in [4.69, 9.17) is 10.2 Å². The zero-order valence-electron chi connectivity index (χ0n) is 17.0. The molecule has 4 rings (SSSR count). The summed E-state index contributed by atoms with van der Waals surface area (Å²) in [5, 5.41) is 4.19. The number of alkyl halides is 3. The summed E-state index contributed by atoms with van der Waals surface area (Å²) in [6.07, 6.45) is -5.63. The van der Waals surface area contributed by atoms with E-state index in [0.717, 1.165) is 9.08 Å². The Kier molecular flexibility index (Phi) is 4.83. The fourth-order valence-electron chi connectivity index (χ4n) is 3.47. The van der Waals surface area contributed by atoms with Gasteiger partial charge < -0.3 is 10.2 Å². The van der Waals surface area contributed by atoms with Gasteiger partial charge in [0, 0.05) is 11.4 Å². The predicted octanol–water partition coefficient (Wildman–Crippen LogP) is 3.67. The van der Waals surface area contributed by atoms with Crippen LogP contribution in [0.1, 0.15) is 23.6 Å². The van der Waals surface area contributed by atoms with Crippen molar-refractivity contribution < 1.29 is 17.6 Å². The van der Waals surface area contributed by atoms with Crippen molar-refractivity contribution in [2.24, 2.45) is 0 Å². The molecule has 0 aliphatic rings. The average Bonchev–Trinajstić information content (AvgIpc) is 3.22. The van der Waals surface area contributed by atoms with Crippen LogP contribution in [0.25, 0.3) is 28.2 Å². The third-order valence-corrected chi connectivity index (χ3v) is 4.71. The molecule has 0 aromatic carbocycles. The molecule has 0 atom stereocenters. The average molecular weight is 432 g/mol. The summed E-state index contributed by atoms with van der Waals surface area (Å²) in [4.78, 5) is 21.5. The van der Waals surface area contributed by atoms with Gasteiger partial charge in [0.15, 0.2) is 11.4 Å². The highest BCUT2D eigenvalue weighted by Crippen LogP contribution is 2.35. The minimum atomic E-state index is -4.43. The number of hydrogen-bond acceptors (Lipinski definition) is 6. The van der Waals surface area contributed by atoms with E-state index in [1.54, 1.807) is 31.2 Å². The van der Waals surface area contributed by atoms with E-state index < -0.39 is 24.8 Å². The molecule has 2 N–H and O–H groups in total. The van der Waals surface area contributed by atoms with Crippen molar-refractivity contribution in [2.75, 3.05) is 5.73 Å². The smallest absolute Gasteiger partial charge is 0.390 e. The number of nitrogens with two attached hydrogens (primary N) is 1. The fraction of sp³-hybridized carbons (Fsp3) is 0.300. The quantitative estimate of drug-likeness (QED) is 0.528. The number of aryl methyl sites for hydroxylation is 4. The van der Waals surface area contributed by atoms with Gasteiger partial charge in [-0.3, -0.25) is 4.98 Å². The molecule has 4 aromatic heterocycles. The molecule has 0 saturated heterocycles. The number of aromatic nitrogens is 5. The maximum absolute atomic E-state index is 12.8. The Hall–Kier alpha value is -3.63. The van der Waals surface area contributed by atoms with Crippen LogP contribution in [0.2, 0.25) is 0 Å². The topological polar surface area (TPSA) is 104 Å². The van der Waals surface area contributed by atoms with E-state index in [-0.39, 0.29) is 11.6 Å². The van der Waals surface area contributed by atoms with Crippen LogP contribution in [0.5, 0.6) is 0 Å². The van der Waals surface area contributed by atoms with Crippen LogP contribution in [-0.2, 0) is 6.54 Å². The molecular weight excluding hydrogens is 413 g/mol. The summed E-state index contributed by atoms with van der Waals surface area (Å²) in [6, 6.07) is 7.01. The van der Waals surface area contributed by atoms with Crippen LogP contribution in [0.3, 0.4) is 0 Å². The number of nitrogen functional groups attached to an aromatic ring is 1. The van der Waals surface area contributed by atoms with Gasteiger partial charge in [-0.1, -0.05) is 0 Å². The van der Waals surface area contributed by atoms with Gasteiger partial charge in [0.2, 0.25) is 5.95 Å². The largest absolute Gasteiger partial charge is 0.460 e. The van der Waals surface area contributed by atoms with Gasteiger partial charge in [0.05, 0.1) is 18.5 Å². The minimum absolute atomic E-state index is 0.0914. The molecule has 0 amide bonds. The van der Waals surface area contributed by atoms with Gasteiger partial charge >= 0.3 is 11.9 Å². The first-order valence-corrected chi connectivity index (χ1v) is 9.42.